The number of nitriles is 2. The van der Waals surface area contributed by atoms with Crippen molar-refractivity contribution in [2.45, 2.75) is 13.8 Å². The van der Waals surface area contributed by atoms with Crippen LogP contribution in [0.2, 0.25) is 0 Å². The van der Waals surface area contributed by atoms with Gasteiger partial charge in [-0.25, -0.2) is 0 Å². The zero-order chi connectivity index (χ0) is 8.69. The molecule has 3 nitrogen and oxygen atoms in total. The second kappa shape index (κ2) is 5.32. The van der Waals surface area contributed by atoms with Crippen molar-refractivity contribution < 1.29 is 0 Å². The molecule has 0 bridgehead atoms. The fourth-order valence-corrected chi connectivity index (χ4v) is 0.486. The Hall–Kier alpha value is -1.48. The molecule has 0 radical (unpaired) electrons. The Labute approximate surface area is 66.9 Å². The summed E-state index contributed by atoms with van der Waals surface area (Å²) in [7, 11) is 0. The standard InChI is InChI=1S/C8H11N3/c1-7(2)5-11-6-8(3-9)4-10/h6-7,11H,5H2,1-2H3. The van der Waals surface area contributed by atoms with E-state index in [0.717, 1.165) is 6.54 Å². The zero-order valence-electron chi connectivity index (χ0n) is 6.76. The van der Waals surface area contributed by atoms with Gasteiger partial charge in [-0.3, -0.25) is 0 Å². The summed E-state index contributed by atoms with van der Waals surface area (Å²) < 4.78 is 0. The highest BCUT2D eigenvalue weighted by Gasteiger charge is 1.91. The van der Waals surface area contributed by atoms with Crippen LogP contribution >= 0.6 is 0 Å². The van der Waals surface area contributed by atoms with Gasteiger partial charge in [-0.2, -0.15) is 10.5 Å². The van der Waals surface area contributed by atoms with E-state index in [-0.39, 0.29) is 5.57 Å². The normalized spacial score (nSPS) is 8.09. The van der Waals surface area contributed by atoms with Crippen LogP contribution in [0.3, 0.4) is 0 Å². The lowest BCUT2D eigenvalue weighted by Crippen LogP contribution is -2.13. The van der Waals surface area contributed by atoms with Crippen molar-refractivity contribution >= 4 is 0 Å². The summed E-state index contributed by atoms with van der Waals surface area (Å²) in [4.78, 5) is 0. The quantitative estimate of drug-likeness (QED) is 0.612. The molecule has 0 saturated heterocycles. The van der Waals surface area contributed by atoms with E-state index in [2.05, 4.69) is 19.2 Å². The fourth-order valence-electron chi connectivity index (χ4n) is 0.486. The van der Waals surface area contributed by atoms with E-state index >= 15 is 0 Å². The summed E-state index contributed by atoms with van der Waals surface area (Å²) in [5.74, 6) is 0.518. The molecule has 0 aliphatic carbocycles. The van der Waals surface area contributed by atoms with Crippen molar-refractivity contribution in [2.75, 3.05) is 6.54 Å². The monoisotopic (exact) mass is 149 g/mol. The molecule has 0 fully saturated rings. The van der Waals surface area contributed by atoms with Gasteiger partial charge in [-0.05, 0) is 5.92 Å². The van der Waals surface area contributed by atoms with Crippen LogP contribution in [0.5, 0.6) is 0 Å². The third-order valence-electron chi connectivity index (χ3n) is 1.01. The van der Waals surface area contributed by atoms with Gasteiger partial charge in [0.25, 0.3) is 0 Å². The molecule has 58 valence electrons. The molecule has 0 aromatic rings. The van der Waals surface area contributed by atoms with E-state index in [1.165, 1.54) is 6.20 Å². The number of hydrogen-bond acceptors (Lipinski definition) is 3. The lowest BCUT2D eigenvalue weighted by atomic mass is 10.2. The van der Waals surface area contributed by atoms with E-state index in [0.29, 0.717) is 5.92 Å². The van der Waals surface area contributed by atoms with E-state index in [4.69, 9.17) is 10.5 Å². The van der Waals surface area contributed by atoms with Crippen molar-refractivity contribution in [3.05, 3.63) is 11.8 Å². The average molecular weight is 149 g/mol. The first-order chi connectivity index (χ1) is 5.20. The molecule has 0 spiro atoms. The SMILES string of the molecule is CC(C)CNC=C(C#N)C#N. The Balaban J connectivity index is 3.76. The summed E-state index contributed by atoms with van der Waals surface area (Å²) in [6.07, 6.45) is 1.44. The molecule has 0 heterocycles. The molecule has 0 amide bonds. The maximum atomic E-state index is 8.31. The van der Waals surface area contributed by atoms with Gasteiger partial charge in [0.2, 0.25) is 0 Å². The molecule has 0 unspecified atom stereocenters. The van der Waals surface area contributed by atoms with Gasteiger partial charge >= 0.3 is 0 Å². The van der Waals surface area contributed by atoms with E-state index in [9.17, 15) is 0 Å². The zero-order valence-corrected chi connectivity index (χ0v) is 6.76. The Morgan fingerprint density at radius 1 is 1.45 bits per heavy atom. The topological polar surface area (TPSA) is 59.6 Å². The molecular weight excluding hydrogens is 138 g/mol. The summed E-state index contributed by atoms with van der Waals surface area (Å²) in [5, 5.41) is 19.5. The average Bonchev–Trinajstić information content (AvgIpc) is 1.98. The Morgan fingerprint density at radius 2 is 2.00 bits per heavy atom. The van der Waals surface area contributed by atoms with Gasteiger partial charge in [0.1, 0.15) is 17.7 Å². The summed E-state index contributed by atoms with van der Waals surface area (Å²) >= 11 is 0. The van der Waals surface area contributed by atoms with Crippen molar-refractivity contribution in [2.24, 2.45) is 5.92 Å². The van der Waals surface area contributed by atoms with Crippen molar-refractivity contribution in [3.63, 3.8) is 0 Å². The predicted octanol–water partition coefficient (Wildman–Crippen LogP) is 1.16. The van der Waals surface area contributed by atoms with Gasteiger partial charge in [0, 0.05) is 12.7 Å². The van der Waals surface area contributed by atoms with Crippen LogP contribution in [0, 0.1) is 28.6 Å². The van der Waals surface area contributed by atoms with Crippen LogP contribution < -0.4 is 5.32 Å². The van der Waals surface area contributed by atoms with Crippen molar-refractivity contribution in [1.82, 2.24) is 5.32 Å². The first-order valence-electron chi connectivity index (χ1n) is 3.44. The molecule has 11 heavy (non-hydrogen) atoms. The highest BCUT2D eigenvalue weighted by Crippen LogP contribution is 1.89. The summed E-state index contributed by atoms with van der Waals surface area (Å²) in [6, 6.07) is 3.53. The van der Waals surface area contributed by atoms with Gasteiger partial charge in [-0.1, -0.05) is 13.8 Å². The van der Waals surface area contributed by atoms with Crippen LogP contribution in [0.15, 0.2) is 11.8 Å². The van der Waals surface area contributed by atoms with E-state index < -0.39 is 0 Å². The van der Waals surface area contributed by atoms with E-state index in [1.807, 2.05) is 0 Å². The molecule has 0 atom stereocenters. The number of hydrogen-bond donors (Lipinski definition) is 1. The van der Waals surface area contributed by atoms with Crippen LogP contribution in [-0.4, -0.2) is 6.54 Å². The number of nitrogens with one attached hydrogen (secondary N) is 1. The maximum Gasteiger partial charge on any atom is 0.145 e. The second-order valence-corrected chi connectivity index (χ2v) is 2.58. The second-order valence-electron chi connectivity index (χ2n) is 2.58. The molecule has 0 aliphatic heterocycles. The molecule has 0 aromatic heterocycles. The Kier molecular flexibility index (Phi) is 4.60. The third kappa shape index (κ3) is 4.99. The minimum Gasteiger partial charge on any atom is -0.389 e. The number of rotatable bonds is 3. The van der Waals surface area contributed by atoms with E-state index in [1.54, 1.807) is 12.1 Å². The first kappa shape index (κ1) is 9.52. The van der Waals surface area contributed by atoms with Crippen LogP contribution in [-0.2, 0) is 0 Å². The summed E-state index contributed by atoms with van der Waals surface area (Å²) in [6.45, 7) is 4.89. The van der Waals surface area contributed by atoms with Gasteiger partial charge in [-0.15, -0.1) is 0 Å². The Bertz CT molecular complexity index is 198. The maximum absolute atomic E-state index is 8.31. The largest absolute Gasteiger partial charge is 0.389 e. The minimum absolute atomic E-state index is 0.116. The van der Waals surface area contributed by atoms with Crippen molar-refractivity contribution in [3.8, 4) is 12.1 Å². The molecule has 0 aliphatic rings. The third-order valence-corrected chi connectivity index (χ3v) is 1.01. The molecule has 0 saturated carbocycles. The molecule has 3 heteroatoms. The molecule has 0 rings (SSSR count). The van der Waals surface area contributed by atoms with Crippen LogP contribution in [0.1, 0.15) is 13.8 Å². The smallest absolute Gasteiger partial charge is 0.145 e. The lowest BCUT2D eigenvalue weighted by molar-refractivity contribution is 0.610. The van der Waals surface area contributed by atoms with Gasteiger partial charge in [0.05, 0.1) is 0 Å². The first-order valence-corrected chi connectivity index (χ1v) is 3.44. The molecular formula is C8H11N3. The van der Waals surface area contributed by atoms with Crippen LogP contribution in [0.4, 0.5) is 0 Å². The minimum atomic E-state index is 0.116. The van der Waals surface area contributed by atoms with Gasteiger partial charge < -0.3 is 5.32 Å². The van der Waals surface area contributed by atoms with Crippen LogP contribution in [0.25, 0.3) is 0 Å². The highest BCUT2D eigenvalue weighted by atomic mass is 14.8. The molecule has 1 N–H and O–H groups in total. The lowest BCUT2D eigenvalue weighted by Gasteiger charge is -2.02. The van der Waals surface area contributed by atoms with Crippen molar-refractivity contribution in [1.29, 1.82) is 10.5 Å². The highest BCUT2D eigenvalue weighted by molar-refractivity contribution is 5.34. The summed E-state index contributed by atoms with van der Waals surface area (Å²) in [5.41, 5.74) is 0.116. The Morgan fingerprint density at radius 3 is 2.36 bits per heavy atom. The number of nitrogens with zero attached hydrogens (tertiary/aromatic N) is 2. The molecule has 0 aromatic carbocycles. The number of allylic oxidation sites excluding steroid dienone is 1. The predicted molar refractivity (Wildman–Crippen MR) is 42.1 cm³/mol. The van der Waals surface area contributed by atoms with Gasteiger partial charge in [0.15, 0.2) is 0 Å². The fraction of sp³-hybridized carbons (Fsp3) is 0.500.